The Hall–Kier alpha value is -1.75. The summed E-state index contributed by atoms with van der Waals surface area (Å²) < 4.78 is 10.7. The highest BCUT2D eigenvalue weighted by Gasteiger charge is 2.20. The van der Waals surface area contributed by atoms with E-state index in [0.717, 1.165) is 30.0 Å². The van der Waals surface area contributed by atoms with Crippen molar-refractivity contribution in [3.8, 4) is 11.5 Å². The molecule has 1 heterocycles. The standard InChI is InChI=1S/C16H24N2O3/c1-5-18(16(19)10-17(3)4)12(2)8-13-6-7-14-15(9-13)21-11-20-14/h6-7,9,12H,5,8,10-11H2,1-4H3. The van der Waals surface area contributed by atoms with Gasteiger partial charge < -0.3 is 19.3 Å². The maximum absolute atomic E-state index is 12.2. The second kappa shape index (κ2) is 6.80. The van der Waals surface area contributed by atoms with E-state index in [1.165, 1.54) is 0 Å². The van der Waals surface area contributed by atoms with Crippen LogP contribution in [0.4, 0.5) is 0 Å². The SMILES string of the molecule is CCN(C(=O)CN(C)C)C(C)Cc1ccc2c(c1)OCO2. The molecule has 0 N–H and O–H groups in total. The summed E-state index contributed by atoms with van der Waals surface area (Å²) >= 11 is 0. The average molecular weight is 292 g/mol. The molecule has 1 aliphatic rings. The summed E-state index contributed by atoms with van der Waals surface area (Å²) in [4.78, 5) is 16.1. The highest BCUT2D eigenvalue weighted by Crippen LogP contribution is 2.32. The van der Waals surface area contributed by atoms with Gasteiger partial charge in [-0.05, 0) is 52.1 Å². The second-order valence-corrected chi connectivity index (χ2v) is 5.66. The maximum Gasteiger partial charge on any atom is 0.236 e. The highest BCUT2D eigenvalue weighted by molar-refractivity contribution is 5.78. The first-order valence-corrected chi connectivity index (χ1v) is 7.34. The molecule has 0 aromatic heterocycles. The molecule has 1 aliphatic heterocycles. The number of fused-ring (bicyclic) bond motifs is 1. The summed E-state index contributed by atoms with van der Waals surface area (Å²) in [5.41, 5.74) is 1.16. The van der Waals surface area contributed by atoms with Gasteiger partial charge in [-0.1, -0.05) is 6.07 Å². The lowest BCUT2D eigenvalue weighted by Gasteiger charge is -2.29. The van der Waals surface area contributed by atoms with E-state index in [0.29, 0.717) is 6.54 Å². The van der Waals surface area contributed by atoms with Gasteiger partial charge in [0.2, 0.25) is 12.7 Å². The van der Waals surface area contributed by atoms with Crippen molar-refractivity contribution in [3.63, 3.8) is 0 Å². The molecule has 1 aromatic carbocycles. The molecule has 0 radical (unpaired) electrons. The summed E-state index contributed by atoms with van der Waals surface area (Å²) in [6.45, 7) is 5.56. The number of carbonyl (C=O) groups is 1. The van der Waals surface area contributed by atoms with Crippen molar-refractivity contribution in [3.05, 3.63) is 23.8 Å². The Labute approximate surface area is 126 Å². The van der Waals surface area contributed by atoms with E-state index >= 15 is 0 Å². The summed E-state index contributed by atoms with van der Waals surface area (Å²) in [6.07, 6.45) is 0.809. The van der Waals surface area contributed by atoms with Crippen LogP contribution in [0.15, 0.2) is 18.2 Å². The van der Waals surface area contributed by atoms with Crippen molar-refractivity contribution in [1.82, 2.24) is 9.80 Å². The molecule has 116 valence electrons. The van der Waals surface area contributed by atoms with Crippen molar-refractivity contribution in [2.24, 2.45) is 0 Å². The topological polar surface area (TPSA) is 42.0 Å². The quantitative estimate of drug-likeness (QED) is 0.801. The van der Waals surface area contributed by atoms with Gasteiger partial charge in [0.05, 0.1) is 6.54 Å². The van der Waals surface area contributed by atoms with E-state index in [4.69, 9.17) is 9.47 Å². The maximum atomic E-state index is 12.2. The molecule has 0 saturated carbocycles. The Kier molecular flexibility index (Phi) is 5.07. The summed E-state index contributed by atoms with van der Waals surface area (Å²) in [6, 6.07) is 6.13. The van der Waals surface area contributed by atoms with Crippen molar-refractivity contribution in [2.75, 3.05) is 34.0 Å². The number of nitrogens with zero attached hydrogens (tertiary/aromatic N) is 2. The van der Waals surface area contributed by atoms with Crippen LogP contribution in [0.3, 0.4) is 0 Å². The molecular weight excluding hydrogens is 268 g/mol. The summed E-state index contributed by atoms with van der Waals surface area (Å²) in [5, 5.41) is 0. The monoisotopic (exact) mass is 292 g/mol. The van der Waals surface area contributed by atoms with E-state index in [9.17, 15) is 4.79 Å². The normalized spacial score (nSPS) is 14.3. The molecule has 2 rings (SSSR count). The zero-order valence-electron chi connectivity index (χ0n) is 13.3. The zero-order chi connectivity index (χ0) is 15.4. The number of hydrogen-bond acceptors (Lipinski definition) is 4. The predicted molar refractivity (Wildman–Crippen MR) is 81.7 cm³/mol. The van der Waals surface area contributed by atoms with Gasteiger partial charge in [0.15, 0.2) is 11.5 Å². The molecule has 0 bridgehead atoms. The molecule has 0 aliphatic carbocycles. The fourth-order valence-corrected chi connectivity index (χ4v) is 2.61. The third-order valence-electron chi connectivity index (χ3n) is 3.61. The number of ether oxygens (including phenoxy) is 2. The Morgan fingerprint density at radius 2 is 2.00 bits per heavy atom. The molecule has 1 aromatic rings. The van der Waals surface area contributed by atoms with Crippen LogP contribution in [-0.4, -0.2) is 55.7 Å². The van der Waals surface area contributed by atoms with Crippen LogP contribution in [-0.2, 0) is 11.2 Å². The summed E-state index contributed by atoms with van der Waals surface area (Å²) in [5.74, 6) is 1.75. The van der Waals surface area contributed by atoms with E-state index in [1.54, 1.807) is 0 Å². The van der Waals surface area contributed by atoms with E-state index in [2.05, 4.69) is 6.92 Å². The van der Waals surface area contributed by atoms with Crippen molar-refractivity contribution in [2.45, 2.75) is 26.3 Å². The fourth-order valence-electron chi connectivity index (χ4n) is 2.61. The number of amides is 1. The fraction of sp³-hybridized carbons (Fsp3) is 0.562. The Morgan fingerprint density at radius 1 is 1.29 bits per heavy atom. The number of hydrogen-bond donors (Lipinski definition) is 0. The second-order valence-electron chi connectivity index (χ2n) is 5.66. The minimum Gasteiger partial charge on any atom is -0.454 e. The first-order valence-electron chi connectivity index (χ1n) is 7.34. The molecule has 0 saturated heterocycles. The summed E-state index contributed by atoms with van der Waals surface area (Å²) in [7, 11) is 3.82. The average Bonchev–Trinajstić information content (AvgIpc) is 2.85. The zero-order valence-corrected chi connectivity index (χ0v) is 13.3. The molecule has 5 heteroatoms. The van der Waals surface area contributed by atoms with Gasteiger partial charge in [-0.3, -0.25) is 4.79 Å². The molecular formula is C16H24N2O3. The van der Waals surface area contributed by atoms with Crippen LogP contribution in [0.2, 0.25) is 0 Å². The molecule has 0 spiro atoms. The number of likely N-dealkylation sites (N-methyl/N-ethyl adjacent to an activating group) is 2. The van der Waals surface area contributed by atoms with Crippen molar-refractivity contribution in [1.29, 1.82) is 0 Å². The van der Waals surface area contributed by atoms with Gasteiger partial charge in [-0.25, -0.2) is 0 Å². The van der Waals surface area contributed by atoms with Gasteiger partial charge in [-0.15, -0.1) is 0 Å². The Morgan fingerprint density at radius 3 is 2.67 bits per heavy atom. The molecule has 21 heavy (non-hydrogen) atoms. The largest absolute Gasteiger partial charge is 0.454 e. The molecule has 0 fully saturated rings. The van der Waals surface area contributed by atoms with E-state index in [1.807, 2.05) is 49.0 Å². The number of carbonyl (C=O) groups excluding carboxylic acids is 1. The van der Waals surface area contributed by atoms with Gasteiger partial charge in [0, 0.05) is 12.6 Å². The van der Waals surface area contributed by atoms with Crippen LogP contribution in [0, 0.1) is 0 Å². The smallest absolute Gasteiger partial charge is 0.236 e. The number of benzene rings is 1. The van der Waals surface area contributed by atoms with Crippen LogP contribution in [0.5, 0.6) is 11.5 Å². The highest BCUT2D eigenvalue weighted by atomic mass is 16.7. The lowest BCUT2D eigenvalue weighted by Crippen LogP contribution is -2.43. The third kappa shape index (κ3) is 3.88. The minimum atomic E-state index is 0.155. The Bertz CT molecular complexity index is 502. The lowest BCUT2D eigenvalue weighted by atomic mass is 10.0. The van der Waals surface area contributed by atoms with Crippen LogP contribution < -0.4 is 9.47 Å². The molecule has 1 amide bonds. The van der Waals surface area contributed by atoms with Crippen molar-refractivity contribution >= 4 is 5.91 Å². The molecule has 1 unspecified atom stereocenters. The van der Waals surface area contributed by atoms with Gasteiger partial charge in [0.25, 0.3) is 0 Å². The van der Waals surface area contributed by atoms with Gasteiger partial charge in [-0.2, -0.15) is 0 Å². The predicted octanol–water partition coefficient (Wildman–Crippen LogP) is 1.76. The van der Waals surface area contributed by atoms with E-state index in [-0.39, 0.29) is 18.7 Å². The molecule has 1 atom stereocenters. The first kappa shape index (κ1) is 15.6. The molecule has 5 nitrogen and oxygen atoms in total. The Balaban J connectivity index is 2.01. The van der Waals surface area contributed by atoms with Gasteiger partial charge in [0.1, 0.15) is 0 Å². The number of rotatable bonds is 6. The minimum absolute atomic E-state index is 0.155. The van der Waals surface area contributed by atoms with Crippen molar-refractivity contribution < 1.29 is 14.3 Å². The van der Waals surface area contributed by atoms with Crippen LogP contribution in [0.25, 0.3) is 0 Å². The van der Waals surface area contributed by atoms with E-state index < -0.39 is 0 Å². The van der Waals surface area contributed by atoms with Gasteiger partial charge >= 0.3 is 0 Å². The van der Waals surface area contributed by atoms with Crippen LogP contribution >= 0.6 is 0 Å². The third-order valence-corrected chi connectivity index (χ3v) is 3.61. The van der Waals surface area contributed by atoms with Crippen LogP contribution in [0.1, 0.15) is 19.4 Å². The lowest BCUT2D eigenvalue weighted by molar-refractivity contribution is -0.133. The first-order chi connectivity index (χ1) is 10.0.